The molecule has 0 radical (unpaired) electrons. The molecule has 1 aromatic heterocycles. The van der Waals surface area contributed by atoms with Crippen LogP contribution in [-0.2, 0) is 4.79 Å². The molecule has 4 rings (SSSR count). The lowest BCUT2D eigenvalue weighted by Gasteiger charge is -2.21. The maximum Gasteiger partial charge on any atom is 0.272 e. The summed E-state index contributed by atoms with van der Waals surface area (Å²) in [6, 6.07) is 15.2. The van der Waals surface area contributed by atoms with Gasteiger partial charge in [0.2, 0.25) is 5.91 Å². The van der Waals surface area contributed by atoms with Crippen molar-refractivity contribution in [2.45, 2.75) is 6.92 Å². The number of aromatic nitrogens is 1. The van der Waals surface area contributed by atoms with E-state index in [-0.39, 0.29) is 23.7 Å². The van der Waals surface area contributed by atoms with Crippen molar-refractivity contribution in [2.75, 3.05) is 24.5 Å². The van der Waals surface area contributed by atoms with E-state index in [0.717, 1.165) is 11.4 Å². The quantitative estimate of drug-likeness (QED) is 0.851. The monoisotopic (exact) mass is 321 g/mol. The van der Waals surface area contributed by atoms with Gasteiger partial charge < -0.3 is 9.80 Å². The number of pyridine rings is 1. The Labute approximate surface area is 140 Å². The number of para-hydroxylation sites is 1. The molecular weight excluding hydrogens is 302 g/mol. The van der Waals surface area contributed by atoms with Crippen LogP contribution in [0.1, 0.15) is 16.2 Å². The highest BCUT2D eigenvalue weighted by Gasteiger charge is 2.47. The van der Waals surface area contributed by atoms with Crippen LogP contribution in [0.5, 0.6) is 0 Å². The summed E-state index contributed by atoms with van der Waals surface area (Å²) in [6.45, 7) is 3.66. The molecule has 5 heteroatoms. The molecule has 3 heterocycles. The second-order valence-electron chi connectivity index (χ2n) is 6.53. The third-order valence-corrected chi connectivity index (χ3v) is 4.90. The zero-order valence-electron chi connectivity index (χ0n) is 13.6. The lowest BCUT2D eigenvalue weighted by Crippen LogP contribution is -2.36. The highest BCUT2D eigenvalue weighted by molar-refractivity contribution is 5.99. The Morgan fingerprint density at radius 3 is 2.54 bits per heavy atom. The maximum absolute atomic E-state index is 12.7. The SMILES string of the molecule is Cc1cccc(C(=O)N2C[C@@H]3CN(c4ccccc4)C(=O)[C@@H]3C2)n1. The van der Waals surface area contributed by atoms with E-state index in [1.54, 1.807) is 11.0 Å². The molecule has 2 aliphatic rings. The maximum atomic E-state index is 12.7. The Balaban J connectivity index is 1.49. The molecule has 2 amide bonds. The Hall–Kier alpha value is -2.69. The van der Waals surface area contributed by atoms with E-state index in [1.807, 2.05) is 54.3 Å². The molecule has 2 aliphatic heterocycles. The number of nitrogens with zero attached hydrogens (tertiary/aromatic N) is 3. The Morgan fingerprint density at radius 1 is 1.04 bits per heavy atom. The smallest absolute Gasteiger partial charge is 0.272 e. The summed E-state index contributed by atoms with van der Waals surface area (Å²) in [5, 5.41) is 0. The van der Waals surface area contributed by atoms with E-state index in [2.05, 4.69) is 4.98 Å². The van der Waals surface area contributed by atoms with Crippen molar-refractivity contribution in [2.24, 2.45) is 11.8 Å². The first-order valence-corrected chi connectivity index (χ1v) is 8.23. The number of aryl methyl sites for hydroxylation is 1. The third-order valence-electron chi connectivity index (χ3n) is 4.90. The zero-order valence-corrected chi connectivity index (χ0v) is 13.6. The number of hydrogen-bond acceptors (Lipinski definition) is 3. The molecule has 0 bridgehead atoms. The molecule has 5 nitrogen and oxygen atoms in total. The van der Waals surface area contributed by atoms with Crippen molar-refractivity contribution >= 4 is 17.5 Å². The van der Waals surface area contributed by atoms with Crippen molar-refractivity contribution in [3.8, 4) is 0 Å². The summed E-state index contributed by atoms with van der Waals surface area (Å²) >= 11 is 0. The minimum atomic E-state index is -0.0982. The molecule has 24 heavy (non-hydrogen) atoms. The number of carbonyl (C=O) groups excluding carboxylic acids is 2. The highest BCUT2D eigenvalue weighted by Crippen LogP contribution is 2.35. The summed E-state index contributed by atoms with van der Waals surface area (Å²) < 4.78 is 0. The molecule has 0 N–H and O–H groups in total. The number of rotatable bonds is 2. The van der Waals surface area contributed by atoms with Gasteiger partial charge in [0, 0.05) is 36.9 Å². The standard InChI is InChI=1S/C19H19N3O2/c1-13-6-5-9-17(20-13)19(24)21-10-14-11-22(18(23)16(14)12-21)15-7-3-2-4-8-15/h2-9,14,16H,10-12H2,1H3/t14-,16-/m1/s1. The van der Waals surface area contributed by atoms with Gasteiger partial charge in [-0.3, -0.25) is 9.59 Å². The van der Waals surface area contributed by atoms with E-state index in [1.165, 1.54) is 0 Å². The first-order chi connectivity index (χ1) is 11.6. The van der Waals surface area contributed by atoms with Gasteiger partial charge in [0.1, 0.15) is 5.69 Å². The lowest BCUT2D eigenvalue weighted by atomic mass is 10.0. The summed E-state index contributed by atoms with van der Waals surface area (Å²) in [5.74, 6) is 0.149. The number of carbonyl (C=O) groups is 2. The van der Waals surface area contributed by atoms with Crippen LogP contribution in [0, 0.1) is 18.8 Å². The fourth-order valence-corrected chi connectivity index (χ4v) is 3.69. The first kappa shape index (κ1) is 14.9. The van der Waals surface area contributed by atoms with Crippen LogP contribution in [0.2, 0.25) is 0 Å². The van der Waals surface area contributed by atoms with Gasteiger partial charge in [-0.25, -0.2) is 4.98 Å². The van der Waals surface area contributed by atoms with Crippen molar-refractivity contribution < 1.29 is 9.59 Å². The number of likely N-dealkylation sites (tertiary alicyclic amines) is 1. The minimum Gasteiger partial charge on any atom is -0.336 e. The summed E-state index contributed by atoms with van der Waals surface area (Å²) in [5.41, 5.74) is 2.23. The van der Waals surface area contributed by atoms with Crippen molar-refractivity contribution in [1.82, 2.24) is 9.88 Å². The molecule has 0 saturated carbocycles. The Morgan fingerprint density at radius 2 is 1.83 bits per heavy atom. The number of fused-ring (bicyclic) bond motifs is 1. The summed E-state index contributed by atoms with van der Waals surface area (Å²) in [6.07, 6.45) is 0. The van der Waals surface area contributed by atoms with Gasteiger partial charge in [-0.2, -0.15) is 0 Å². The average molecular weight is 321 g/mol. The largest absolute Gasteiger partial charge is 0.336 e. The van der Waals surface area contributed by atoms with Gasteiger partial charge >= 0.3 is 0 Å². The van der Waals surface area contributed by atoms with E-state index >= 15 is 0 Å². The van der Waals surface area contributed by atoms with Crippen LogP contribution >= 0.6 is 0 Å². The van der Waals surface area contributed by atoms with Crippen LogP contribution in [0.4, 0.5) is 5.69 Å². The topological polar surface area (TPSA) is 53.5 Å². The van der Waals surface area contributed by atoms with Crippen LogP contribution in [0.25, 0.3) is 0 Å². The van der Waals surface area contributed by atoms with Crippen molar-refractivity contribution in [1.29, 1.82) is 0 Å². The van der Waals surface area contributed by atoms with E-state index in [9.17, 15) is 9.59 Å². The molecule has 0 aliphatic carbocycles. The van der Waals surface area contributed by atoms with Crippen molar-refractivity contribution in [3.63, 3.8) is 0 Å². The molecule has 122 valence electrons. The molecule has 0 unspecified atom stereocenters. The molecule has 2 saturated heterocycles. The van der Waals surface area contributed by atoms with E-state index in [0.29, 0.717) is 25.3 Å². The summed E-state index contributed by atoms with van der Waals surface area (Å²) in [7, 11) is 0. The molecule has 2 atom stereocenters. The first-order valence-electron chi connectivity index (χ1n) is 8.23. The van der Waals surface area contributed by atoms with Crippen LogP contribution in [0.15, 0.2) is 48.5 Å². The number of hydrogen-bond donors (Lipinski definition) is 0. The van der Waals surface area contributed by atoms with Gasteiger partial charge in [-0.05, 0) is 31.2 Å². The average Bonchev–Trinajstić information content (AvgIpc) is 3.15. The van der Waals surface area contributed by atoms with Gasteiger partial charge in [-0.15, -0.1) is 0 Å². The lowest BCUT2D eigenvalue weighted by molar-refractivity contribution is -0.120. The fourth-order valence-electron chi connectivity index (χ4n) is 3.69. The van der Waals surface area contributed by atoms with Gasteiger partial charge in [0.25, 0.3) is 5.91 Å². The van der Waals surface area contributed by atoms with Gasteiger partial charge in [-0.1, -0.05) is 24.3 Å². The predicted octanol–water partition coefficient (Wildman–Crippen LogP) is 2.13. The second kappa shape index (κ2) is 5.74. The number of anilines is 1. The van der Waals surface area contributed by atoms with E-state index < -0.39 is 0 Å². The Kier molecular flexibility index (Phi) is 3.56. The predicted molar refractivity (Wildman–Crippen MR) is 90.7 cm³/mol. The minimum absolute atomic E-state index is 0.0767. The second-order valence-corrected chi connectivity index (χ2v) is 6.53. The highest BCUT2D eigenvalue weighted by atomic mass is 16.2. The Bertz CT molecular complexity index is 790. The zero-order chi connectivity index (χ0) is 16.7. The fraction of sp³-hybridized carbons (Fsp3) is 0.316. The van der Waals surface area contributed by atoms with Gasteiger partial charge in [0.15, 0.2) is 0 Å². The van der Waals surface area contributed by atoms with Gasteiger partial charge in [0.05, 0.1) is 5.92 Å². The number of amides is 2. The molecule has 0 spiro atoms. The molecule has 1 aromatic carbocycles. The molecular formula is C19H19N3O2. The molecule has 2 aromatic rings. The van der Waals surface area contributed by atoms with Crippen LogP contribution in [0.3, 0.4) is 0 Å². The molecule has 2 fully saturated rings. The third kappa shape index (κ3) is 2.46. The van der Waals surface area contributed by atoms with Crippen LogP contribution < -0.4 is 4.90 Å². The summed E-state index contributed by atoms with van der Waals surface area (Å²) in [4.78, 5) is 33.3. The van der Waals surface area contributed by atoms with E-state index in [4.69, 9.17) is 0 Å². The normalized spacial score (nSPS) is 22.8. The van der Waals surface area contributed by atoms with Crippen LogP contribution in [-0.4, -0.2) is 41.3 Å². The van der Waals surface area contributed by atoms with Crippen molar-refractivity contribution in [3.05, 3.63) is 59.9 Å². The number of benzene rings is 1.